The van der Waals surface area contributed by atoms with Crippen molar-refractivity contribution in [3.63, 3.8) is 0 Å². The summed E-state index contributed by atoms with van der Waals surface area (Å²) in [6.07, 6.45) is 1.82. The van der Waals surface area contributed by atoms with Crippen molar-refractivity contribution in [2.75, 3.05) is 4.90 Å². The third-order valence-corrected chi connectivity index (χ3v) is 8.54. The van der Waals surface area contributed by atoms with E-state index < -0.39 is 0 Å². The first-order chi connectivity index (χ1) is 19.2. The quantitative estimate of drug-likeness (QED) is 0.200. The molecule has 0 bridgehead atoms. The van der Waals surface area contributed by atoms with Gasteiger partial charge in [-0.1, -0.05) is 76.7 Å². The van der Waals surface area contributed by atoms with Gasteiger partial charge in [-0.15, -0.1) is 0 Å². The maximum atomic E-state index is 13.7. The second-order valence-corrected chi connectivity index (χ2v) is 11.8. The molecule has 1 heterocycles. The maximum Gasteiger partial charge on any atom is 0.271 e. The van der Waals surface area contributed by atoms with Crippen LogP contribution in [0, 0.1) is 13.8 Å². The van der Waals surface area contributed by atoms with E-state index in [1.165, 1.54) is 11.8 Å². The first-order valence-corrected chi connectivity index (χ1v) is 14.5. The van der Waals surface area contributed by atoms with E-state index in [1.807, 2.05) is 74.5 Å². The van der Waals surface area contributed by atoms with Crippen molar-refractivity contribution in [3.05, 3.63) is 126 Å². The van der Waals surface area contributed by atoms with Gasteiger partial charge in [0, 0.05) is 25.7 Å². The van der Waals surface area contributed by atoms with E-state index in [0.29, 0.717) is 47.3 Å². The first kappa shape index (κ1) is 28.6. The van der Waals surface area contributed by atoms with Gasteiger partial charge in [0.05, 0.1) is 16.3 Å². The number of ether oxygens (including phenoxy) is 1. The molecule has 0 aliphatic carbocycles. The fourth-order valence-electron chi connectivity index (χ4n) is 3.90. The molecule has 0 atom stereocenters. The predicted molar refractivity (Wildman–Crippen MR) is 170 cm³/mol. The summed E-state index contributed by atoms with van der Waals surface area (Å²) in [5, 5.41) is 2.78. The summed E-state index contributed by atoms with van der Waals surface area (Å²) in [6, 6.07) is 23.8. The number of aliphatic imine (C=N–C) groups is 1. The number of halogens is 4. The Bertz CT molecular complexity index is 1690. The smallest absolute Gasteiger partial charge is 0.271 e. The summed E-state index contributed by atoms with van der Waals surface area (Å²) in [6.45, 7) is 4.12. The Labute approximate surface area is 257 Å². The molecule has 40 heavy (non-hydrogen) atoms. The van der Waals surface area contributed by atoms with Crippen LogP contribution in [0.4, 0.5) is 11.4 Å². The van der Waals surface area contributed by atoms with Gasteiger partial charge < -0.3 is 4.74 Å². The highest BCUT2D eigenvalue weighted by molar-refractivity contribution is 8.19. The molecule has 0 N–H and O–H groups in total. The Morgan fingerprint density at radius 1 is 0.850 bits per heavy atom. The molecule has 1 aliphatic rings. The van der Waals surface area contributed by atoms with Crippen LogP contribution in [0.2, 0.25) is 20.1 Å². The zero-order valence-electron chi connectivity index (χ0n) is 21.4. The van der Waals surface area contributed by atoms with Crippen molar-refractivity contribution < 1.29 is 9.53 Å². The van der Waals surface area contributed by atoms with E-state index >= 15 is 0 Å². The van der Waals surface area contributed by atoms with Gasteiger partial charge in [-0.25, -0.2) is 4.99 Å². The number of nitrogens with zero attached hydrogens (tertiary/aromatic N) is 2. The number of benzene rings is 4. The van der Waals surface area contributed by atoms with Crippen LogP contribution in [-0.4, -0.2) is 11.1 Å². The Morgan fingerprint density at radius 2 is 1.60 bits per heavy atom. The number of thioether (sulfide) groups is 1. The molecule has 4 aromatic carbocycles. The number of hydrogen-bond acceptors (Lipinski definition) is 4. The molecule has 0 radical (unpaired) electrons. The number of amides is 1. The molecule has 1 saturated heterocycles. The van der Waals surface area contributed by atoms with Gasteiger partial charge in [-0.2, -0.15) is 0 Å². The second-order valence-electron chi connectivity index (χ2n) is 9.11. The van der Waals surface area contributed by atoms with Gasteiger partial charge in [-0.3, -0.25) is 9.69 Å². The average molecular weight is 628 g/mol. The van der Waals surface area contributed by atoms with E-state index in [-0.39, 0.29) is 12.5 Å². The lowest BCUT2D eigenvalue weighted by Gasteiger charge is -2.16. The summed E-state index contributed by atoms with van der Waals surface area (Å²) in [5.41, 5.74) is 4.76. The monoisotopic (exact) mass is 626 g/mol. The van der Waals surface area contributed by atoms with Crippen molar-refractivity contribution in [3.8, 4) is 5.75 Å². The van der Waals surface area contributed by atoms with Crippen LogP contribution in [0.25, 0.3) is 6.08 Å². The molecule has 0 aromatic heterocycles. The highest BCUT2D eigenvalue weighted by Crippen LogP contribution is 2.39. The standard InChI is InChI=1S/C31H22Cl4N2O2S/c1-18-6-10-23(15-26(18)33)36-31-37(24-11-7-19(2)27(34)16-24)30(38)29(40-31)13-20-4-3-5-25(12-20)39-17-21-8-9-22(32)14-28(21)35/h3-16H,17H2,1-2H3/b29-13-,36-31?. The van der Waals surface area contributed by atoms with Gasteiger partial charge in [0.25, 0.3) is 5.91 Å². The van der Waals surface area contributed by atoms with Crippen LogP contribution in [0.5, 0.6) is 5.75 Å². The van der Waals surface area contributed by atoms with Crippen LogP contribution in [0.1, 0.15) is 22.3 Å². The number of amidine groups is 1. The topological polar surface area (TPSA) is 41.9 Å². The summed E-state index contributed by atoms with van der Waals surface area (Å²) in [4.78, 5) is 20.6. The van der Waals surface area contributed by atoms with Gasteiger partial charge in [0.1, 0.15) is 12.4 Å². The normalized spacial score (nSPS) is 15.3. The SMILES string of the molecule is Cc1ccc(N=C2S/C(=C\c3cccc(OCc4ccc(Cl)cc4Cl)c3)C(=O)N2c2ccc(C)c(Cl)c2)cc1Cl. The van der Waals surface area contributed by atoms with Gasteiger partial charge >= 0.3 is 0 Å². The number of carbonyl (C=O) groups is 1. The third kappa shape index (κ3) is 6.51. The minimum atomic E-state index is -0.207. The van der Waals surface area contributed by atoms with Gasteiger partial charge in [0.15, 0.2) is 5.17 Å². The minimum Gasteiger partial charge on any atom is -0.489 e. The fourth-order valence-corrected chi connectivity index (χ4v) is 5.72. The molecule has 4 nitrogen and oxygen atoms in total. The van der Waals surface area contributed by atoms with Crippen LogP contribution < -0.4 is 9.64 Å². The molecular formula is C31H22Cl4N2O2S. The molecule has 1 amide bonds. The highest BCUT2D eigenvalue weighted by atomic mass is 35.5. The molecule has 4 aromatic rings. The van der Waals surface area contributed by atoms with Crippen LogP contribution in [0.3, 0.4) is 0 Å². The summed E-state index contributed by atoms with van der Waals surface area (Å²) < 4.78 is 5.97. The van der Waals surface area contributed by atoms with Crippen LogP contribution >= 0.6 is 58.2 Å². The number of hydrogen-bond donors (Lipinski definition) is 0. The summed E-state index contributed by atoms with van der Waals surface area (Å²) in [5.74, 6) is 0.433. The van der Waals surface area contributed by atoms with E-state index in [4.69, 9.17) is 56.1 Å². The average Bonchev–Trinajstić information content (AvgIpc) is 3.21. The van der Waals surface area contributed by atoms with E-state index in [2.05, 4.69) is 0 Å². The molecule has 1 aliphatic heterocycles. The van der Waals surface area contributed by atoms with E-state index in [9.17, 15) is 4.79 Å². The molecule has 0 saturated carbocycles. The van der Waals surface area contributed by atoms with Gasteiger partial charge in [-0.05, 0) is 96.9 Å². The molecule has 202 valence electrons. The zero-order chi connectivity index (χ0) is 28.4. The zero-order valence-corrected chi connectivity index (χ0v) is 25.3. The van der Waals surface area contributed by atoms with E-state index in [0.717, 1.165) is 22.3 Å². The fraction of sp³-hybridized carbons (Fsp3) is 0.0968. The Kier molecular flexibility index (Phi) is 8.79. The van der Waals surface area contributed by atoms with Crippen molar-refractivity contribution in [2.24, 2.45) is 4.99 Å². The predicted octanol–water partition coefficient (Wildman–Crippen LogP) is 10.3. The largest absolute Gasteiger partial charge is 0.489 e. The van der Waals surface area contributed by atoms with Crippen molar-refractivity contribution in [1.29, 1.82) is 0 Å². The molecule has 1 fully saturated rings. The first-order valence-electron chi connectivity index (χ1n) is 12.2. The number of rotatable bonds is 6. The molecular weight excluding hydrogens is 606 g/mol. The summed E-state index contributed by atoms with van der Waals surface area (Å²) >= 11 is 26.3. The van der Waals surface area contributed by atoms with Crippen molar-refractivity contribution >= 4 is 86.7 Å². The van der Waals surface area contributed by atoms with Crippen LogP contribution in [0.15, 0.2) is 88.8 Å². The van der Waals surface area contributed by atoms with Crippen LogP contribution in [-0.2, 0) is 11.4 Å². The third-order valence-electron chi connectivity index (χ3n) is 6.17. The van der Waals surface area contributed by atoms with Gasteiger partial charge in [0.2, 0.25) is 0 Å². The molecule has 9 heteroatoms. The molecule has 5 rings (SSSR count). The second kappa shape index (κ2) is 12.3. The Morgan fingerprint density at radius 3 is 2.33 bits per heavy atom. The van der Waals surface area contributed by atoms with Crippen molar-refractivity contribution in [1.82, 2.24) is 0 Å². The minimum absolute atomic E-state index is 0.207. The Balaban J connectivity index is 1.46. The maximum absolute atomic E-state index is 13.7. The lowest BCUT2D eigenvalue weighted by atomic mass is 10.2. The van der Waals surface area contributed by atoms with E-state index in [1.54, 1.807) is 29.2 Å². The summed E-state index contributed by atoms with van der Waals surface area (Å²) in [7, 11) is 0. The lowest BCUT2D eigenvalue weighted by molar-refractivity contribution is -0.113. The molecule has 0 spiro atoms. The Hall–Kier alpha value is -2.93. The van der Waals surface area contributed by atoms with Crippen molar-refractivity contribution in [2.45, 2.75) is 20.5 Å². The highest BCUT2D eigenvalue weighted by Gasteiger charge is 2.35. The number of aryl methyl sites for hydroxylation is 2. The number of carbonyl (C=O) groups excluding carboxylic acids is 1. The molecule has 0 unspecified atom stereocenters. The lowest BCUT2D eigenvalue weighted by Crippen LogP contribution is -2.28. The number of anilines is 1.